The molecule has 0 heterocycles. The van der Waals surface area contributed by atoms with Crippen LogP contribution < -0.4 is 10.5 Å². The highest BCUT2D eigenvalue weighted by molar-refractivity contribution is 7.92. The zero-order valence-corrected chi connectivity index (χ0v) is 14.8. The maximum absolute atomic E-state index is 12.2. The van der Waals surface area contributed by atoms with Gasteiger partial charge in [-0.05, 0) is 38.5 Å². The van der Waals surface area contributed by atoms with Crippen LogP contribution >= 0.6 is 0 Å². The van der Waals surface area contributed by atoms with Gasteiger partial charge in [-0.25, -0.2) is 18.0 Å². The predicted molar refractivity (Wildman–Crippen MR) is 89.0 cm³/mol. The van der Waals surface area contributed by atoms with Crippen molar-refractivity contribution in [2.75, 3.05) is 11.0 Å². The molecular weight excluding hydrogens is 336 g/mol. The van der Waals surface area contributed by atoms with Crippen molar-refractivity contribution < 1.29 is 27.9 Å². The van der Waals surface area contributed by atoms with Crippen LogP contribution in [0.2, 0.25) is 0 Å². The highest BCUT2D eigenvalue weighted by Gasteiger charge is 2.45. The van der Waals surface area contributed by atoms with Crippen molar-refractivity contribution in [3.05, 3.63) is 29.8 Å². The highest BCUT2D eigenvalue weighted by Crippen LogP contribution is 2.19. The van der Waals surface area contributed by atoms with Gasteiger partial charge in [0.15, 0.2) is 0 Å². The van der Waals surface area contributed by atoms with Gasteiger partial charge in [0.2, 0.25) is 15.6 Å². The van der Waals surface area contributed by atoms with Crippen molar-refractivity contribution >= 4 is 27.6 Å². The van der Waals surface area contributed by atoms with Crippen molar-refractivity contribution in [3.8, 4) is 0 Å². The van der Waals surface area contributed by atoms with E-state index in [1.54, 1.807) is 20.8 Å². The minimum atomic E-state index is -3.42. The van der Waals surface area contributed by atoms with Gasteiger partial charge in [-0.15, -0.1) is 0 Å². The summed E-state index contributed by atoms with van der Waals surface area (Å²) in [6, 6.07) is 5.88. The summed E-state index contributed by atoms with van der Waals surface area (Å²) in [6.45, 7) is 4.83. The number of carbonyl (C=O) groups excluding carboxylic acids is 1. The number of ether oxygens (including phenoxy) is 1. The fraction of sp³-hybridized carbons (Fsp3) is 0.467. The van der Waals surface area contributed by atoms with Gasteiger partial charge in [-0.1, -0.05) is 12.1 Å². The molecule has 0 bridgehead atoms. The van der Waals surface area contributed by atoms with E-state index in [1.165, 1.54) is 24.3 Å². The Balaban J connectivity index is 3.00. The summed E-state index contributed by atoms with van der Waals surface area (Å²) >= 11 is 0. The van der Waals surface area contributed by atoms with Crippen molar-refractivity contribution in [3.63, 3.8) is 0 Å². The topological polar surface area (TPSA) is 136 Å². The molecule has 0 aliphatic heterocycles. The van der Waals surface area contributed by atoms with E-state index in [4.69, 9.17) is 10.5 Å². The van der Waals surface area contributed by atoms with Crippen molar-refractivity contribution in [2.24, 2.45) is 5.73 Å². The lowest BCUT2D eigenvalue weighted by Crippen LogP contribution is -2.58. The largest absolute Gasteiger partial charge is 0.479 e. The maximum Gasteiger partial charge on any atom is 0.338 e. The lowest BCUT2D eigenvalue weighted by molar-refractivity contribution is -0.169. The average Bonchev–Trinajstić information content (AvgIpc) is 2.37. The quantitative estimate of drug-likeness (QED) is 0.503. The third-order valence-electron chi connectivity index (χ3n) is 2.88. The summed E-state index contributed by atoms with van der Waals surface area (Å²) in [5, 5.41) is 9.35. The van der Waals surface area contributed by atoms with Gasteiger partial charge >= 0.3 is 11.9 Å². The molecule has 4 N–H and O–H groups in total. The number of anilines is 1. The first-order chi connectivity index (χ1) is 10.7. The van der Waals surface area contributed by atoms with Gasteiger partial charge in [-0.2, -0.15) is 0 Å². The van der Waals surface area contributed by atoms with Crippen molar-refractivity contribution in [1.29, 1.82) is 0 Å². The maximum atomic E-state index is 12.2. The number of carboxylic acids is 1. The predicted octanol–water partition coefficient (Wildman–Crippen LogP) is 0.724. The number of sulfonamides is 1. The van der Waals surface area contributed by atoms with Crippen LogP contribution in [-0.4, -0.2) is 42.9 Å². The fourth-order valence-electron chi connectivity index (χ4n) is 1.83. The molecule has 1 aromatic rings. The Kier molecular flexibility index (Phi) is 5.62. The van der Waals surface area contributed by atoms with Crippen LogP contribution in [0.25, 0.3) is 0 Å². The first kappa shape index (κ1) is 19.9. The monoisotopic (exact) mass is 358 g/mol. The Labute approximate surface area is 141 Å². The smallest absolute Gasteiger partial charge is 0.338 e. The SMILES string of the molecule is CC(C)(C)OC(=O)C(N)(Cc1ccc(NS(C)(=O)=O)cc1)C(=O)O. The number of aliphatic carboxylic acids is 1. The minimum absolute atomic E-state index is 0.295. The fourth-order valence-corrected chi connectivity index (χ4v) is 2.40. The molecule has 8 nitrogen and oxygen atoms in total. The van der Waals surface area contributed by atoms with Gasteiger partial charge in [0.25, 0.3) is 0 Å². The standard InChI is InChI=1S/C15H22N2O6S/c1-14(2,3)23-13(20)15(16,12(18)19)9-10-5-7-11(8-6-10)17-24(4,21)22/h5-8,17H,9,16H2,1-4H3,(H,18,19). The number of carboxylic acid groups (broad SMARTS) is 1. The number of benzene rings is 1. The van der Waals surface area contributed by atoms with E-state index in [1.807, 2.05) is 0 Å². The van der Waals surface area contributed by atoms with Gasteiger partial charge in [0, 0.05) is 12.1 Å². The Morgan fingerprint density at radius 1 is 1.21 bits per heavy atom. The normalized spacial score (nSPS) is 14.5. The minimum Gasteiger partial charge on any atom is -0.479 e. The second kappa shape index (κ2) is 6.78. The molecule has 0 radical (unpaired) electrons. The number of carbonyl (C=O) groups is 2. The van der Waals surface area contributed by atoms with Crippen LogP contribution in [-0.2, 0) is 30.8 Å². The summed E-state index contributed by atoms with van der Waals surface area (Å²) < 4.78 is 29.7. The summed E-state index contributed by atoms with van der Waals surface area (Å²) in [7, 11) is -3.42. The van der Waals surface area contributed by atoms with E-state index in [9.17, 15) is 23.1 Å². The van der Waals surface area contributed by atoms with Crippen LogP contribution in [0.5, 0.6) is 0 Å². The summed E-state index contributed by atoms with van der Waals surface area (Å²) in [4.78, 5) is 23.7. The van der Waals surface area contributed by atoms with E-state index < -0.39 is 33.1 Å². The molecule has 1 atom stereocenters. The third kappa shape index (κ3) is 5.82. The second-order valence-electron chi connectivity index (χ2n) is 6.53. The molecule has 0 aliphatic rings. The molecule has 0 fully saturated rings. The van der Waals surface area contributed by atoms with E-state index in [2.05, 4.69) is 4.72 Å². The zero-order chi connectivity index (χ0) is 18.8. The van der Waals surface area contributed by atoms with Crippen molar-refractivity contribution in [1.82, 2.24) is 0 Å². The number of hydrogen-bond acceptors (Lipinski definition) is 6. The summed E-state index contributed by atoms with van der Waals surface area (Å²) in [5.74, 6) is -2.55. The Bertz CT molecular complexity index is 721. The van der Waals surface area contributed by atoms with E-state index in [0.29, 0.717) is 11.3 Å². The molecular formula is C15H22N2O6S. The second-order valence-corrected chi connectivity index (χ2v) is 8.27. The molecule has 0 aliphatic carbocycles. The number of nitrogens with one attached hydrogen (secondary N) is 1. The van der Waals surface area contributed by atoms with Crippen LogP contribution in [0.3, 0.4) is 0 Å². The van der Waals surface area contributed by atoms with E-state index in [-0.39, 0.29) is 6.42 Å². The van der Waals surface area contributed by atoms with Crippen LogP contribution in [0.1, 0.15) is 26.3 Å². The van der Waals surface area contributed by atoms with Gasteiger partial charge in [-0.3, -0.25) is 4.72 Å². The van der Waals surface area contributed by atoms with E-state index >= 15 is 0 Å². The lowest BCUT2D eigenvalue weighted by Gasteiger charge is -2.28. The lowest BCUT2D eigenvalue weighted by atomic mass is 9.91. The third-order valence-corrected chi connectivity index (χ3v) is 3.49. The van der Waals surface area contributed by atoms with Gasteiger partial charge in [0.05, 0.1) is 6.26 Å². The Morgan fingerprint density at radius 3 is 2.08 bits per heavy atom. The van der Waals surface area contributed by atoms with Gasteiger partial charge < -0.3 is 15.6 Å². The molecule has 134 valence electrons. The van der Waals surface area contributed by atoms with Crippen LogP contribution in [0, 0.1) is 0 Å². The molecule has 0 saturated heterocycles. The molecule has 0 aromatic heterocycles. The highest BCUT2D eigenvalue weighted by atomic mass is 32.2. The Hall–Kier alpha value is -2.13. The summed E-state index contributed by atoms with van der Waals surface area (Å²) in [6.07, 6.45) is 0.717. The number of rotatable bonds is 6. The summed E-state index contributed by atoms with van der Waals surface area (Å²) in [5.41, 5.74) is 3.43. The molecule has 0 amide bonds. The number of esters is 1. The molecule has 9 heteroatoms. The molecule has 0 spiro atoms. The molecule has 0 saturated carbocycles. The molecule has 1 unspecified atom stereocenters. The van der Waals surface area contributed by atoms with Crippen molar-refractivity contribution in [2.45, 2.75) is 38.3 Å². The average molecular weight is 358 g/mol. The first-order valence-corrected chi connectivity index (χ1v) is 8.94. The molecule has 1 aromatic carbocycles. The Morgan fingerprint density at radius 2 is 1.71 bits per heavy atom. The van der Waals surface area contributed by atoms with Crippen LogP contribution in [0.4, 0.5) is 5.69 Å². The van der Waals surface area contributed by atoms with E-state index in [0.717, 1.165) is 6.26 Å². The molecule has 24 heavy (non-hydrogen) atoms. The first-order valence-electron chi connectivity index (χ1n) is 7.05. The van der Waals surface area contributed by atoms with Crippen LogP contribution in [0.15, 0.2) is 24.3 Å². The molecule has 1 rings (SSSR count). The van der Waals surface area contributed by atoms with Gasteiger partial charge in [0.1, 0.15) is 5.60 Å². The zero-order valence-electron chi connectivity index (χ0n) is 14.0. The number of hydrogen-bond donors (Lipinski definition) is 3. The number of nitrogens with two attached hydrogens (primary N) is 1.